The van der Waals surface area contributed by atoms with Gasteiger partial charge in [-0.05, 0) is 25.0 Å². The second-order valence-electron chi connectivity index (χ2n) is 4.70. The minimum atomic E-state index is 0.0353. The van der Waals surface area contributed by atoms with E-state index < -0.39 is 0 Å². The van der Waals surface area contributed by atoms with Gasteiger partial charge in [0.15, 0.2) is 0 Å². The molecule has 0 aromatic carbocycles. The Hall–Kier alpha value is -1.09. The van der Waals surface area contributed by atoms with Gasteiger partial charge in [-0.3, -0.25) is 4.98 Å². The number of hydrogen-bond acceptors (Lipinski definition) is 3. The van der Waals surface area contributed by atoms with Crippen molar-refractivity contribution in [2.24, 2.45) is 5.73 Å². The summed E-state index contributed by atoms with van der Waals surface area (Å²) in [7, 11) is 0. The molecule has 0 aliphatic rings. The number of unbranched alkanes of at least 4 members (excludes halogenated alkanes) is 4. The topological polar surface area (TPSA) is 48.1 Å². The van der Waals surface area contributed by atoms with Crippen LogP contribution in [0, 0.1) is 0 Å². The SMILES string of the molecule is CCCCCCCOc1ccc([C@@H](N)CC)nc1. The van der Waals surface area contributed by atoms with Crippen molar-refractivity contribution in [2.75, 3.05) is 6.61 Å². The Labute approximate surface area is 111 Å². The number of ether oxygens (including phenoxy) is 1. The lowest BCUT2D eigenvalue weighted by molar-refractivity contribution is 0.303. The van der Waals surface area contributed by atoms with Crippen LogP contribution in [0.3, 0.4) is 0 Å². The first-order valence-electron chi connectivity index (χ1n) is 7.12. The van der Waals surface area contributed by atoms with Gasteiger partial charge in [-0.1, -0.05) is 39.5 Å². The smallest absolute Gasteiger partial charge is 0.137 e. The molecule has 18 heavy (non-hydrogen) atoms. The minimum absolute atomic E-state index is 0.0353. The number of hydrogen-bond donors (Lipinski definition) is 1. The van der Waals surface area contributed by atoms with Gasteiger partial charge in [-0.15, -0.1) is 0 Å². The van der Waals surface area contributed by atoms with Crippen LogP contribution < -0.4 is 10.5 Å². The Morgan fingerprint density at radius 2 is 1.94 bits per heavy atom. The molecule has 0 spiro atoms. The van der Waals surface area contributed by atoms with Crippen LogP contribution in [-0.2, 0) is 0 Å². The summed E-state index contributed by atoms with van der Waals surface area (Å²) >= 11 is 0. The van der Waals surface area contributed by atoms with Crippen LogP contribution in [0.4, 0.5) is 0 Å². The van der Waals surface area contributed by atoms with Crippen molar-refractivity contribution in [3.05, 3.63) is 24.0 Å². The molecule has 0 amide bonds. The average Bonchev–Trinajstić information content (AvgIpc) is 2.42. The molecule has 0 fully saturated rings. The second kappa shape index (κ2) is 8.92. The first-order valence-corrected chi connectivity index (χ1v) is 7.12. The fourth-order valence-corrected chi connectivity index (χ4v) is 1.80. The third kappa shape index (κ3) is 5.50. The minimum Gasteiger partial charge on any atom is -0.492 e. The van der Waals surface area contributed by atoms with E-state index in [1.54, 1.807) is 6.20 Å². The lowest BCUT2D eigenvalue weighted by Gasteiger charge is -2.09. The molecular formula is C15H26N2O. The number of rotatable bonds is 9. The van der Waals surface area contributed by atoms with Gasteiger partial charge in [0.05, 0.1) is 18.5 Å². The Morgan fingerprint density at radius 3 is 2.56 bits per heavy atom. The molecule has 0 saturated carbocycles. The molecule has 0 aliphatic carbocycles. The highest BCUT2D eigenvalue weighted by Gasteiger charge is 2.04. The molecule has 1 heterocycles. The summed E-state index contributed by atoms with van der Waals surface area (Å²) in [4.78, 5) is 4.33. The van der Waals surface area contributed by atoms with E-state index in [9.17, 15) is 0 Å². The molecule has 0 radical (unpaired) electrons. The molecule has 2 N–H and O–H groups in total. The zero-order valence-electron chi connectivity index (χ0n) is 11.7. The van der Waals surface area contributed by atoms with Crippen LogP contribution in [0.25, 0.3) is 0 Å². The molecule has 3 heteroatoms. The second-order valence-corrected chi connectivity index (χ2v) is 4.70. The predicted octanol–water partition coefficient (Wildman–Crippen LogP) is 3.84. The molecule has 0 bridgehead atoms. The van der Waals surface area contributed by atoms with E-state index in [1.807, 2.05) is 12.1 Å². The molecule has 1 aromatic heterocycles. The third-order valence-electron chi connectivity index (χ3n) is 3.10. The van der Waals surface area contributed by atoms with E-state index >= 15 is 0 Å². The monoisotopic (exact) mass is 250 g/mol. The Morgan fingerprint density at radius 1 is 1.17 bits per heavy atom. The largest absolute Gasteiger partial charge is 0.492 e. The Balaban J connectivity index is 2.22. The zero-order chi connectivity index (χ0) is 13.2. The van der Waals surface area contributed by atoms with Crippen LogP contribution in [0.2, 0.25) is 0 Å². The van der Waals surface area contributed by atoms with E-state index in [-0.39, 0.29) is 6.04 Å². The van der Waals surface area contributed by atoms with Crippen molar-refractivity contribution in [1.29, 1.82) is 0 Å². The summed E-state index contributed by atoms with van der Waals surface area (Å²) in [5.41, 5.74) is 6.85. The summed E-state index contributed by atoms with van der Waals surface area (Å²) in [5.74, 6) is 0.845. The standard InChI is InChI=1S/C15H26N2O/c1-3-5-6-7-8-11-18-13-9-10-15(17-12-13)14(16)4-2/h9-10,12,14H,3-8,11,16H2,1-2H3/t14-/m0/s1. The normalized spacial score (nSPS) is 12.4. The van der Waals surface area contributed by atoms with E-state index in [4.69, 9.17) is 10.5 Å². The first-order chi connectivity index (χ1) is 8.77. The van der Waals surface area contributed by atoms with E-state index in [0.717, 1.165) is 30.9 Å². The average molecular weight is 250 g/mol. The molecule has 0 aliphatic heterocycles. The van der Waals surface area contributed by atoms with Crippen molar-refractivity contribution in [1.82, 2.24) is 4.98 Å². The van der Waals surface area contributed by atoms with Crippen LogP contribution in [0.1, 0.15) is 64.1 Å². The van der Waals surface area contributed by atoms with Crippen molar-refractivity contribution < 1.29 is 4.74 Å². The number of nitrogens with zero attached hydrogens (tertiary/aromatic N) is 1. The Bertz CT molecular complexity index is 311. The maximum atomic E-state index is 5.91. The maximum absolute atomic E-state index is 5.91. The molecule has 102 valence electrons. The summed E-state index contributed by atoms with van der Waals surface area (Å²) in [5, 5.41) is 0. The van der Waals surface area contributed by atoms with Gasteiger partial charge < -0.3 is 10.5 Å². The molecular weight excluding hydrogens is 224 g/mol. The van der Waals surface area contributed by atoms with Crippen molar-refractivity contribution >= 4 is 0 Å². The number of pyridine rings is 1. The van der Waals surface area contributed by atoms with Crippen molar-refractivity contribution in [3.63, 3.8) is 0 Å². The fraction of sp³-hybridized carbons (Fsp3) is 0.667. The first kappa shape index (κ1) is 15.0. The van der Waals surface area contributed by atoms with Gasteiger partial charge >= 0.3 is 0 Å². The van der Waals surface area contributed by atoms with Crippen molar-refractivity contribution in [3.8, 4) is 5.75 Å². The van der Waals surface area contributed by atoms with Crippen LogP contribution in [-0.4, -0.2) is 11.6 Å². The lowest BCUT2D eigenvalue weighted by atomic mass is 10.1. The van der Waals surface area contributed by atoms with Gasteiger partial charge in [-0.25, -0.2) is 0 Å². The fourth-order valence-electron chi connectivity index (χ4n) is 1.80. The molecule has 1 rings (SSSR count). The Kier molecular flexibility index (Phi) is 7.42. The third-order valence-corrected chi connectivity index (χ3v) is 3.10. The molecule has 1 atom stereocenters. The zero-order valence-corrected chi connectivity index (χ0v) is 11.7. The van der Waals surface area contributed by atoms with Gasteiger partial charge in [0.25, 0.3) is 0 Å². The van der Waals surface area contributed by atoms with Crippen molar-refractivity contribution in [2.45, 2.75) is 58.4 Å². The summed E-state index contributed by atoms with van der Waals surface area (Å²) in [6.07, 6.45) is 8.97. The maximum Gasteiger partial charge on any atom is 0.137 e. The molecule has 3 nitrogen and oxygen atoms in total. The highest BCUT2D eigenvalue weighted by Crippen LogP contribution is 2.15. The van der Waals surface area contributed by atoms with Gasteiger partial charge in [0, 0.05) is 6.04 Å². The van der Waals surface area contributed by atoms with Crippen LogP contribution in [0.15, 0.2) is 18.3 Å². The van der Waals surface area contributed by atoms with Gasteiger partial charge in [0.2, 0.25) is 0 Å². The molecule has 0 saturated heterocycles. The van der Waals surface area contributed by atoms with E-state index in [1.165, 1.54) is 25.7 Å². The van der Waals surface area contributed by atoms with Crippen LogP contribution >= 0.6 is 0 Å². The highest BCUT2D eigenvalue weighted by atomic mass is 16.5. The number of nitrogens with two attached hydrogens (primary N) is 1. The highest BCUT2D eigenvalue weighted by molar-refractivity contribution is 5.21. The summed E-state index contributed by atoms with van der Waals surface area (Å²) < 4.78 is 5.65. The van der Waals surface area contributed by atoms with Crippen LogP contribution in [0.5, 0.6) is 5.75 Å². The summed E-state index contributed by atoms with van der Waals surface area (Å²) in [6.45, 7) is 5.07. The molecule has 1 aromatic rings. The lowest BCUT2D eigenvalue weighted by Crippen LogP contribution is -2.10. The molecule has 0 unspecified atom stereocenters. The predicted molar refractivity (Wildman–Crippen MR) is 75.7 cm³/mol. The number of aromatic nitrogens is 1. The van der Waals surface area contributed by atoms with Gasteiger partial charge in [0.1, 0.15) is 5.75 Å². The van der Waals surface area contributed by atoms with E-state index in [0.29, 0.717) is 0 Å². The summed E-state index contributed by atoms with van der Waals surface area (Å²) in [6, 6.07) is 3.96. The quantitative estimate of drug-likeness (QED) is 0.677. The van der Waals surface area contributed by atoms with E-state index in [2.05, 4.69) is 18.8 Å². The van der Waals surface area contributed by atoms with Gasteiger partial charge in [-0.2, -0.15) is 0 Å².